The molecule has 1 fully saturated rings. The summed E-state index contributed by atoms with van der Waals surface area (Å²) in [7, 11) is 0. The number of nitrogens with zero attached hydrogens (tertiary/aromatic N) is 1. The summed E-state index contributed by atoms with van der Waals surface area (Å²) in [5, 5.41) is 18.1. The summed E-state index contributed by atoms with van der Waals surface area (Å²) in [6.45, 7) is 9.58. The van der Waals surface area contributed by atoms with Gasteiger partial charge in [-0.25, -0.2) is 9.59 Å². The molecular formula is C17H28N2O5. The number of aliphatic hydroxyl groups excluding tert-OH is 1. The molecule has 0 unspecified atom stereocenters. The molecule has 1 aliphatic rings. The average Bonchev–Trinajstić information content (AvgIpc) is 2.45. The molecule has 2 N–H and O–H groups in total. The van der Waals surface area contributed by atoms with Crippen LogP contribution in [0.25, 0.3) is 0 Å². The number of hydrogen-bond donors (Lipinski definition) is 2. The Morgan fingerprint density at radius 3 is 2.21 bits per heavy atom. The number of nitrogens with one attached hydrogen (secondary N) is 1. The molecule has 0 aliphatic carbocycles. The van der Waals surface area contributed by atoms with Crippen LogP contribution in [-0.4, -0.2) is 53.1 Å². The van der Waals surface area contributed by atoms with Gasteiger partial charge in [-0.3, -0.25) is 0 Å². The zero-order chi connectivity index (χ0) is 18.5. The average molecular weight is 340 g/mol. The number of ether oxygens (including phenoxy) is 2. The Morgan fingerprint density at radius 1 is 1.25 bits per heavy atom. The smallest absolute Gasteiger partial charge is 0.410 e. The molecule has 1 aliphatic heterocycles. The lowest BCUT2D eigenvalue weighted by Gasteiger charge is -2.33. The van der Waals surface area contributed by atoms with Gasteiger partial charge in [0.2, 0.25) is 0 Å². The summed E-state index contributed by atoms with van der Waals surface area (Å²) >= 11 is 0. The van der Waals surface area contributed by atoms with E-state index in [0.29, 0.717) is 25.9 Å². The van der Waals surface area contributed by atoms with Gasteiger partial charge in [0.1, 0.15) is 16.9 Å². The largest absolute Gasteiger partial charge is 0.511 e. The third-order valence-corrected chi connectivity index (χ3v) is 3.64. The second kappa shape index (κ2) is 8.17. The first-order valence-corrected chi connectivity index (χ1v) is 8.20. The van der Waals surface area contributed by atoms with Gasteiger partial charge in [-0.05, 0) is 47.5 Å². The number of esters is 1. The van der Waals surface area contributed by atoms with Crippen LogP contribution >= 0.6 is 0 Å². The molecule has 0 aromatic rings. The number of carbonyl (C=O) groups excluding carboxylic acids is 2. The molecule has 0 aromatic heterocycles. The molecule has 0 spiro atoms. The lowest BCUT2D eigenvalue weighted by Crippen LogP contribution is -2.42. The molecule has 136 valence electrons. The van der Waals surface area contributed by atoms with Crippen LogP contribution in [0.4, 0.5) is 4.79 Å². The Bertz CT molecular complexity index is 526. The van der Waals surface area contributed by atoms with Crippen molar-refractivity contribution in [2.75, 3.05) is 19.7 Å². The fraction of sp³-hybridized carbons (Fsp3) is 0.706. The van der Waals surface area contributed by atoms with Crippen molar-refractivity contribution in [2.24, 2.45) is 5.92 Å². The van der Waals surface area contributed by atoms with Gasteiger partial charge in [-0.2, -0.15) is 0 Å². The highest BCUT2D eigenvalue weighted by Crippen LogP contribution is 2.27. The summed E-state index contributed by atoms with van der Waals surface area (Å²) in [4.78, 5) is 25.6. The van der Waals surface area contributed by atoms with Crippen LogP contribution < -0.4 is 0 Å². The van der Waals surface area contributed by atoms with Crippen LogP contribution in [-0.2, 0) is 14.3 Å². The van der Waals surface area contributed by atoms with E-state index in [1.165, 1.54) is 6.92 Å². The quantitative estimate of drug-likeness (QED) is 0.354. The highest BCUT2D eigenvalue weighted by Gasteiger charge is 2.31. The maximum atomic E-state index is 12.0. The van der Waals surface area contributed by atoms with Gasteiger partial charge in [0.25, 0.3) is 0 Å². The number of allylic oxidation sites excluding steroid dienone is 1. The van der Waals surface area contributed by atoms with Crippen molar-refractivity contribution >= 4 is 17.8 Å². The van der Waals surface area contributed by atoms with E-state index in [2.05, 4.69) is 0 Å². The second-order valence-corrected chi connectivity index (χ2v) is 6.85. The third kappa shape index (κ3) is 5.54. The number of carbonyl (C=O) groups is 2. The van der Waals surface area contributed by atoms with Crippen LogP contribution in [0.15, 0.2) is 11.3 Å². The first-order chi connectivity index (χ1) is 11.1. The van der Waals surface area contributed by atoms with Gasteiger partial charge in [0, 0.05) is 24.7 Å². The van der Waals surface area contributed by atoms with Crippen molar-refractivity contribution in [3.8, 4) is 0 Å². The predicted molar refractivity (Wildman–Crippen MR) is 90.2 cm³/mol. The minimum absolute atomic E-state index is 0.0273. The molecule has 7 nitrogen and oxygen atoms in total. The van der Waals surface area contributed by atoms with E-state index in [9.17, 15) is 14.7 Å². The number of amides is 1. The summed E-state index contributed by atoms with van der Waals surface area (Å²) < 4.78 is 10.2. The van der Waals surface area contributed by atoms with Gasteiger partial charge in [0.15, 0.2) is 0 Å². The maximum Gasteiger partial charge on any atom is 0.410 e. The number of rotatable bonds is 4. The lowest BCUT2D eigenvalue weighted by atomic mass is 9.91. The molecule has 1 rings (SSSR count). The van der Waals surface area contributed by atoms with Gasteiger partial charge in [-0.1, -0.05) is 0 Å². The van der Waals surface area contributed by atoms with Gasteiger partial charge in [0.05, 0.1) is 6.61 Å². The fourth-order valence-corrected chi connectivity index (χ4v) is 2.52. The summed E-state index contributed by atoms with van der Waals surface area (Å²) in [6, 6.07) is 0. The van der Waals surface area contributed by atoms with Crippen molar-refractivity contribution in [1.82, 2.24) is 4.90 Å². The van der Waals surface area contributed by atoms with E-state index in [4.69, 9.17) is 14.9 Å². The van der Waals surface area contributed by atoms with E-state index in [-0.39, 0.29) is 35.7 Å². The van der Waals surface area contributed by atoms with E-state index in [1.807, 2.05) is 20.8 Å². The van der Waals surface area contributed by atoms with Crippen molar-refractivity contribution in [3.05, 3.63) is 11.3 Å². The Hall–Kier alpha value is -2.05. The van der Waals surface area contributed by atoms with E-state index < -0.39 is 11.6 Å². The predicted octanol–water partition coefficient (Wildman–Crippen LogP) is 3.05. The van der Waals surface area contributed by atoms with Crippen molar-refractivity contribution in [1.29, 1.82) is 5.41 Å². The first-order valence-electron chi connectivity index (χ1n) is 8.20. The molecule has 1 amide bonds. The fourth-order valence-electron chi connectivity index (χ4n) is 2.52. The molecule has 7 heteroatoms. The Kier molecular flexibility index (Phi) is 6.81. The molecule has 0 bridgehead atoms. The molecule has 0 atom stereocenters. The van der Waals surface area contributed by atoms with Gasteiger partial charge >= 0.3 is 12.1 Å². The Labute approximate surface area is 143 Å². The second-order valence-electron chi connectivity index (χ2n) is 6.85. The van der Waals surface area contributed by atoms with Crippen LogP contribution in [0.5, 0.6) is 0 Å². The monoisotopic (exact) mass is 340 g/mol. The molecule has 0 saturated carbocycles. The van der Waals surface area contributed by atoms with Crippen LogP contribution in [0, 0.1) is 11.3 Å². The highest BCUT2D eigenvalue weighted by molar-refractivity contribution is 6.18. The van der Waals surface area contributed by atoms with Gasteiger partial charge < -0.3 is 24.9 Å². The van der Waals surface area contributed by atoms with E-state index in [1.54, 1.807) is 11.8 Å². The molecule has 1 saturated heterocycles. The van der Waals surface area contributed by atoms with Gasteiger partial charge in [-0.15, -0.1) is 0 Å². The molecule has 24 heavy (non-hydrogen) atoms. The molecule has 0 radical (unpaired) electrons. The minimum atomic E-state index is -0.683. The topological polar surface area (TPSA) is 99.9 Å². The highest BCUT2D eigenvalue weighted by atomic mass is 16.6. The van der Waals surface area contributed by atoms with Crippen LogP contribution in [0.2, 0.25) is 0 Å². The van der Waals surface area contributed by atoms with Crippen LogP contribution in [0.1, 0.15) is 47.5 Å². The van der Waals surface area contributed by atoms with E-state index >= 15 is 0 Å². The van der Waals surface area contributed by atoms with Crippen molar-refractivity contribution in [3.63, 3.8) is 0 Å². The standard InChI is InChI=1S/C17H28N2O5/c1-6-23-15(21)13(11(2)18)14(20)12-7-9-19(10-8-12)16(22)24-17(3,4)5/h12,18,20H,6-10H2,1-5H3/b14-13+,18-11?. The summed E-state index contributed by atoms with van der Waals surface area (Å²) in [5.74, 6) is -1.08. The van der Waals surface area contributed by atoms with Crippen molar-refractivity contribution < 1.29 is 24.2 Å². The SMILES string of the molecule is CCOC(=O)/C(C(C)=N)=C(/O)C1CCN(C(=O)OC(C)(C)C)CC1. The Balaban J connectivity index is 2.78. The number of aliphatic hydroxyl groups is 1. The minimum Gasteiger partial charge on any atom is -0.511 e. The number of likely N-dealkylation sites (tertiary alicyclic amines) is 1. The summed E-state index contributed by atoms with van der Waals surface area (Å²) in [6.07, 6.45) is 0.626. The maximum absolute atomic E-state index is 12.0. The van der Waals surface area contributed by atoms with Crippen molar-refractivity contribution in [2.45, 2.75) is 53.1 Å². The van der Waals surface area contributed by atoms with E-state index in [0.717, 1.165) is 0 Å². The normalized spacial score (nSPS) is 17.1. The molecule has 0 aromatic carbocycles. The lowest BCUT2D eigenvalue weighted by molar-refractivity contribution is -0.138. The van der Waals surface area contributed by atoms with Crippen LogP contribution in [0.3, 0.4) is 0 Å². The molecule has 1 heterocycles. The number of hydrogen-bond acceptors (Lipinski definition) is 6. The third-order valence-electron chi connectivity index (χ3n) is 3.64. The molecular weight excluding hydrogens is 312 g/mol. The number of piperidine rings is 1. The summed E-state index contributed by atoms with van der Waals surface area (Å²) in [5.41, 5.74) is -0.655. The Morgan fingerprint density at radius 2 is 1.79 bits per heavy atom. The first kappa shape index (κ1) is 20.0. The zero-order valence-electron chi connectivity index (χ0n) is 15.1. The zero-order valence-corrected chi connectivity index (χ0v) is 15.1.